The lowest BCUT2D eigenvalue weighted by molar-refractivity contribution is -0.245. The van der Waals surface area contributed by atoms with Crippen LogP contribution in [0.4, 0.5) is 0 Å². The van der Waals surface area contributed by atoms with Gasteiger partial charge in [0.15, 0.2) is 12.1 Å². The zero-order chi connectivity index (χ0) is 50.8. The van der Waals surface area contributed by atoms with Gasteiger partial charge >= 0.3 is 15.2 Å². The predicted molar refractivity (Wildman–Crippen MR) is 248 cm³/mol. The Kier molecular flexibility index (Phi) is 16.5. The number of phenolic OH excluding ortho intramolecular Hbond substituents is 2. The SMILES string of the molecule is COc1cccc2c1C(=O)c1c(O)c3c(c(O)c1C2=O)C[C@@](O)(/C(CO)=N/NC(=S)N/N=C/c1cccc(OCCCN(C)CCC(O)(P(=O)(O)O)P(=O)(O)O)c1)C[C@@H]3O[C@H]1C[C@H](N)[C@H](O)[C@H](C)O1. The van der Waals surface area contributed by atoms with Gasteiger partial charge in [0.05, 0.1) is 67.3 Å². The number of aliphatic hydroxyl groups excluding tert-OH is 2. The van der Waals surface area contributed by atoms with Crippen LogP contribution in [-0.2, 0) is 25.0 Å². The number of thiocarbonyl (C=S) groups is 1. The zero-order valence-corrected chi connectivity index (χ0v) is 39.9. The third-order valence-corrected chi connectivity index (χ3v) is 16.1. The normalized spacial score (nSPS) is 23.1. The van der Waals surface area contributed by atoms with E-state index in [9.17, 15) is 68.9 Å². The number of fused-ring (bicyclic) bond motifs is 3. The summed E-state index contributed by atoms with van der Waals surface area (Å²) in [6.07, 6.45) is -4.54. The average Bonchev–Trinajstić information content (AvgIpc) is 3.28. The zero-order valence-electron chi connectivity index (χ0n) is 37.3. The summed E-state index contributed by atoms with van der Waals surface area (Å²) in [7, 11) is -8.28. The van der Waals surface area contributed by atoms with E-state index in [0.717, 1.165) is 0 Å². The smallest absolute Gasteiger partial charge is 0.369 e. The number of nitrogens with one attached hydrogen (secondary N) is 2. The van der Waals surface area contributed by atoms with Gasteiger partial charge in [-0.05, 0) is 56.4 Å². The lowest BCUT2D eigenvalue weighted by Gasteiger charge is -2.43. The molecular formula is C42H54N6O18P2S. The number of benzene rings is 3. The van der Waals surface area contributed by atoms with E-state index < -0.39 is 117 Å². The molecule has 1 saturated heterocycles. The highest BCUT2D eigenvalue weighted by molar-refractivity contribution is 7.80. The molecule has 1 aliphatic heterocycles. The Morgan fingerprint density at radius 3 is 2.38 bits per heavy atom. The van der Waals surface area contributed by atoms with Gasteiger partial charge in [0.25, 0.3) is 5.08 Å². The molecule has 3 aromatic rings. The van der Waals surface area contributed by atoms with Crippen LogP contribution in [0.2, 0.25) is 0 Å². The number of carbonyl (C=O) groups excluding carboxylic acids is 2. The first-order valence-corrected chi connectivity index (χ1v) is 24.8. The van der Waals surface area contributed by atoms with Gasteiger partial charge in [0.2, 0.25) is 10.9 Å². The van der Waals surface area contributed by atoms with Crippen LogP contribution in [0.3, 0.4) is 0 Å². The first-order chi connectivity index (χ1) is 32.3. The van der Waals surface area contributed by atoms with Crippen molar-refractivity contribution in [1.82, 2.24) is 15.8 Å². The maximum atomic E-state index is 14.1. The minimum atomic E-state index is -5.56. The van der Waals surface area contributed by atoms with Crippen molar-refractivity contribution in [3.05, 3.63) is 81.4 Å². The van der Waals surface area contributed by atoms with Crippen molar-refractivity contribution in [1.29, 1.82) is 0 Å². The average molecular weight is 1020 g/mol. The number of carbonyl (C=O) groups is 2. The van der Waals surface area contributed by atoms with E-state index in [1.54, 1.807) is 31.2 Å². The molecule has 0 aromatic heterocycles. The molecular weight excluding hydrogens is 971 g/mol. The number of aliphatic hydroxyl groups is 4. The maximum absolute atomic E-state index is 14.1. The van der Waals surface area contributed by atoms with Crippen molar-refractivity contribution in [3.63, 3.8) is 0 Å². The van der Waals surface area contributed by atoms with E-state index in [-0.39, 0.29) is 64.9 Å². The summed E-state index contributed by atoms with van der Waals surface area (Å²) in [4.78, 5) is 66.9. The minimum Gasteiger partial charge on any atom is -0.507 e. The Morgan fingerprint density at radius 2 is 1.72 bits per heavy atom. The predicted octanol–water partition coefficient (Wildman–Crippen LogP) is 0.379. The fourth-order valence-electron chi connectivity index (χ4n) is 8.33. The van der Waals surface area contributed by atoms with Crippen molar-refractivity contribution < 1.29 is 87.9 Å². The Bertz CT molecular complexity index is 2590. The summed E-state index contributed by atoms with van der Waals surface area (Å²) in [5.74, 6) is -2.54. The van der Waals surface area contributed by atoms with Crippen molar-refractivity contribution in [3.8, 4) is 23.0 Å². The van der Waals surface area contributed by atoms with Crippen LogP contribution < -0.4 is 26.1 Å². The summed E-state index contributed by atoms with van der Waals surface area (Å²) in [6, 6.07) is 10.2. The quantitative estimate of drug-likeness (QED) is 0.0160. The second-order valence-corrected chi connectivity index (χ2v) is 21.2. The van der Waals surface area contributed by atoms with Gasteiger partial charge in [0.1, 0.15) is 28.6 Å². The molecule has 376 valence electrons. The highest BCUT2D eigenvalue weighted by Crippen LogP contribution is 2.69. The maximum Gasteiger partial charge on any atom is 0.369 e. The standard InChI is InChI=1S/C42H54N6O18P2S/c1-21-35(50)26(43)16-30(65-21)66-28-18-41(55,17-25-32(28)39(54)34-33(37(25)52)36(51)24-9-5-10-27(63-3)31(24)38(34)53)29(20-49)45-47-40(69)46-44-19-22-7-4-8-23(15-22)64-14-6-12-48(2)13-11-42(56,67(57,58)59)68(60,61)62/h4-5,7-10,15,19,21,26,28,30,35,49-50,52,54-56H,6,11-14,16-18,20,43H2,1-3H3,(H2,46,47,69)(H2,57,58,59)(H2,60,61,62)/b44-19+,45-29+/t21-,26-,28-,30-,35+,41-/m0/s1. The number of methoxy groups -OCH3 is 1. The highest BCUT2D eigenvalue weighted by atomic mass is 32.1. The first-order valence-electron chi connectivity index (χ1n) is 21.2. The molecule has 0 bridgehead atoms. The van der Waals surface area contributed by atoms with Crippen LogP contribution in [-0.4, -0.2) is 159 Å². The second-order valence-electron chi connectivity index (χ2n) is 16.8. The molecule has 0 amide bonds. The number of aromatic hydroxyl groups is 2. The topological polar surface area (TPSA) is 386 Å². The Hall–Kier alpha value is -4.79. The number of hydrazone groups is 2. The van der Waals surface area contributed by atoms with Crippen LogP contribution in [0.1, 0.15) is 87.2 Å². The number of hydrogen-bond acceptors (Lipinski definition) is 19. The van der Waals surface area contributed by atoms with Crippen LogP contribution in [0, 0.1) is 0 Å². The third kappa shape index (κ3) is 11.2. The molecule has 3 aliphatic rings. The lowest BCUT2D eigenvalue weighted by atomic mass is 9.71. The van der Waals surface area contributed by atoms with Gasteiger partial charge in [-0.3, -0.25) is 29.6 Å². The molecule has 6 rings (SSSR count). The second kappa shape index (κ2) is 21.3. The summed E-state index contributed by atoms with van der Waals surface area (Å²) in [5.41, 5.74) is 7.69. The first kappa shape index (κ1) is 53.6. The van der Waals surface area contributed by atoms with Gasteiger partial charge in [-0.15, -0.1) is 0 Å². The summed E-state index contributed by atoms with van der Waals surface area (Å²) >= 11 is 5.32. The molecule has 0 saturated carbocycles. The van der Waals surface area contributed by atoms with Crippen molar-refractivity contribution in [2.75, 3.05) is 40.5 Å². The van der Waals surface area contributed by atoms with Gasteiger partial charge in [-0.1, -0.05) is 24.3 Å². The number of nitrogens with zero attached hydrogens (tertiary/aromatic N) is 3. The van der Waals surface area contributed by atoms with E-state index in [1.807, 2.05) is 0 Å². The molecule has 0 unspecified atom stereocenters. The molecule has 6 atom stereocenters. The molecule has 3 aromatic carbocycles. The molecule has 69 heavy (non-hydrogen) atoms. The van der Waals surface area contributed by atoms with Crippen molar-refractivity contribution in [2.45, 2.75) is 80.4 Å². The molecule has 24 nitrogen and oxygen atoms in total. The van der Waals surface area contributed by atoms with Crippen LogP contribution in [0.25, 0.3) is 0 Å². The molecule has 14 N–H and O–H groups in total. The van der Waals surface area contributed by atoms with Crippen LogP contribution in [0.15, 0.2) is 52.7 Å². The van der Waals surface area contributed by atoms with E-state index in [0.29, 0.717) is 17.7 Å². The monoisotopic (exact) mass is 1020 g/mol. The number of ketones is 2. The van der Waals surface area contributed by atoms with Gasteiger partial charge in [-0.25, -0.2) is 0 Å². The van der Waals surface area contributed by atoms with Crippen molar-refractivity contribution in [2.24, 2.45) is 15.9 Å². The third-order valence-electron chi connectivity index (χ3n) is 12.1. The Morgan fingerprint density at radius 1 is 1.04 bits per heavy atom. The molecule has 27 heteroatoms. The van der Waals surface area contributed by atoms with E-state index in [1.165, 1.54) is 43.5 Å². The highest BCUT2D eigenvalue weighted by Gasteiger charge is 2.59. The van der Waals surface area contributed by atoms with Crippen molar-refractivity contribution >= 4 is 56.0 Å². The fraction of sp³-hybridized carbons (Fsp3) is 0.452. The van der Waals surface area contributed by atoms with E-state index >= 15 is 0 Å². The number of phenols is 2. The molecule has 1 heterocycles. The Balaban J connectivity index is 1.14. The Labute approximate surface area is 399 Å². The molecule has 1 fully saturated rings. The van der Waals surface area contributed by atoms with Crippen LogP contribution in [0.5, 0.6) is 23.0 Å². The number of nitrogens with two attached hydrogens (primary N) is 1. The van der Waals surface area contributed by atoms with Gasteiger partial charge in [-0.2, -0.15) is 10.2 Å². The largest absolute Gasteiger partial charge is 0.507 e. The van der Waals surface area contributed by atoms with Gasteiger partial charge < -0.3 is 79.8 Å². The lowest BCUT2D eigenvalue weighted by Crippen LogP contribution is -2.53. The summed E-state index contributed by atoms with van der Waals surface area (Å²) in [5, 5.41) is 71.7. The van der Waals surface area contributed by atoms with Gasteiger partial charge in [0, 0.05) is 61.5 Å². The number of hydrogen-bond donors (Lipinski definition) is 13. The summed E-state index contributed by atoms with van der Waals surface area (Å²) < 4.78 is 46.5. The number of ether oxygens (including phenoxy) is 4. The molecule has 0 radical (unpaired) electrons. The number of rotatable bonds is 18. The molecule has 2 aliphatic carbocycles. The minimum absolute atomic E-state index is 0.0400. The molecule has 0 spiro atoms. The van der Waals surface area contributed by atoms with E-state index in [4.69, 9.17) is 36.9 Å². The fourth-order valence-corrected chi connectivity index (χ4v) is 10.6. The summed E-state index contributed by atoms with van der Waals surface area (Å²) in [6.45, 7) is 0.902. The van der Waals surface area contributed by atoms with Crippen LogP contribution >= 0.6 is 27.4 Å². The van der Waals surface area contributed by atoms with E-state index in [2.05, 4.69) is 21.1 Å².